The standard InChI is InChI=1S/C24H28N4O3S2/c1-16-4-3-5-21(17(16)2)27-10-12-28(13-11-27)23(29)18-6-8-19(9-7-18)25-24-26-20-14-33(30,31)15-22(20)32-24/h3-9,20,22H,10-15H2,1-2H3,(H,25,26)/t20-,22-/m0/s1. The van der Waals surface area contributed by atoms with Crippen LogP contribution in [0.1, 0.15) is 21.5 Å². The van der Waals surface area contributed by atoms with E-state index in [0.29, 0.717) is 18.7 Å². The summed E-state index contributed by atoms with van der Waals surface area (Å²) in [4.78, 5) is 21.8. The molecular weight excluding hydrogens is 456 g/mol. The molecule has 2 fully saturated rings. The van der Waals surface area contributed by atoms with Crippen molar-refractivity contribution in [1.82, 2.24) is 4.90 Å². The number of hydrogen-bond donors (Lipinski definition) is 1. The van der Waals surface area contributed by atoms with Gasteiger partial charge in [0.2, 0.25) is 0 Å². The van der Waals surface area contributed by atoms with Crippen molar-refractivity contribution >= 4 is 44.0 Å². The molecule has 2 atom stereocenters. The third kappa shape index (κ3) is 4.61. The van der Waals surface area contributed by atoms with Crippen LogP contribution in [0, 0.1) is 13.8 Å². The van der Waals surface area contributed by atoms with Crippen LogP contribution in [0.3, 0.4) is 0 Å². The highest BCUT2D eigenvalue weighted by molar-refractivity contribution is 8.15. The lowest BCUT2D eigenvalue weighted by molar-refractivity contribution is 0.0747. The molecule has 2 aromatic carbocycles. The Kier molecular flexibility index (Phi) is 5.86. The van der Waals surface area contributed by atoms with Crippen LogP contribution in [0.15, 0.2) is 47.5 Å². The van der Waals surface area contributed by atoms with Gasteiger partial charge >= 0.3 is 0 Å². The molecule has 0 aliphatic carbocycles. The van der Waals surface area contributed by atoms with Crippen molar-refractivity contribution < 1.29 is 13.2 Å². The maximum absolute atomic E-state index is 13.0. The Morgan fingerprint density at radius 3 is 2.45 bits per heavy atom. The number of piperazine rings is 1. The van der Waals surface area contributed by atoms with Gasteiger partial charge in [0.25, 0.3) is 5.91 Å². The molecule has 0 radical (unpaired) electrons. The SMILES string of the molecule is Cc1cccc(N2CCN(C(=O)c3ccc(NC4=N[C@H]5CS(=O)(=O)C[C@@H]5S4)cc3)CC2)c1C. The van der Waals surface area contributed by atoms with Crippen molar-refractivity contribution in [2.75, 3.05) is 47.9 Å². The van der Waals surface area contributed by atoms with E-state index >= 15 is 0 Å². The minimum absolute atomic E-state index is 0.0145. The molecule has 5 rings (SSSR count). The van der Waals surface area contributed by atoms with Crippen molar-refractivity contribution in [3.63, 3.8) is 0 Å². The first-order valence-corrected chi connectivity index (χ1v) is 13.9. The molecule has 33 heavy (non-hydrogen) atoms. The van der Waals surface area contributed by atoms with E-state index < -0.39 is 9.84 Å². The van der Waals surface area contributed by atoms with E-state index in [9.17, 15) is 13.2 Å². The predicted octanol–water partition coefficient (Wildman–Crippen LogP) is 2.95. The first kappa shape index (κ1) is 22.3. The average Bonchev–Trinajstić information content (AvgIpc) is 3.28. The van der Waals surface area contributed by atoms with Crippen LogP contribution in [0.2, 0.25) is 0 Å². The molecule has 3 heterocycles. The molecule has 0 spiro atoms. The number of carbonyl (C=O) groups is 1. The number of benzene rings is 2. The summed E-state index contributed by atoms with van der Waals surface area (Å²) < 4.78 is 23.4. The number of amidine groups is 1. The molecule has 3 aliphatic heterocycles. The van der Waals surface area contributed by atoms with Crippen LogP contribution < -0.4 is 10.2 Å². The number of rotatable bonds is 3. The Bertz CT molecular complexity index is 1200. The van der Waals surface area contributed by atoms with E-state index in [1.54, 1.807) is 0 Å². The molecule has 0 saturated carbocycles. The highest BCUT2D eigenvalue weighted by Gasteiger charge is 2.42. The third-order valence-corrected chi connectivity index (χ3v) is 9.83. The average molecular weight is 485 g/mol. The van der Waals surface area contributed by atoms with Crippen LogP contribution in [0.5, 0.6) is 0 Å². The van der Waals surface area contributed by atoms with Crippen molar-refractivity contribution in [3.05, 3.63) is 59.2 Å². The monoisotopic (exact) mass is 484 g/mol. The summed E-state index contributed by atoms with van der Waals surface area (Å²) in [5.41, 5.74) is 5.36. The maximum atomic E-state index is 13.0. The molecule has 1 amide bonds. The van der Waals surface area contributed by atoms with Gasteiger partial charge < -0.3 is 15.1 Å². The highest BCUT2D eigenvalue weighted by Crippen LogP contribution is 2.34. The molecular formula is C24H28N4O3S2. The predicted molar refractivity (Wildman–Crippen MR) is 135 cm³/mol. The van der Waals surface area contributed by atoms with E-state index in [-0.39, 0.29) is 28.7 Å². The van der Waals surface area contributed by atoms with E-state index in [1.807, 2.05) is 29.2 Å². The smallest absolute Gasteiger partial charge is 0.253 e. The second kappa shape index (κ2) is 8.68. The Morgan fingerprint density at radius 2 is 1.76 bits per heavy atom. The number of aryl methyl sites for hydroxylation is 1. The van der Waals surface area contributed by atoms with Crippen LogP contribution in [-0.4, -0.2) is 73.4 Å². The molecule has 0 unspecified atom stereocenters. The molecule has 7 nitrogen and oxygen atoms in total. The number of nitrogens with zero attached hydrogens (tertiary/aromatic N) is 3. The van der Waals surface area contributed by atoms with Gasteiger partial charge in [0.15, 0.2) is 15.0 Å². The zero-order valence-electron chi connectivity index (χ0n) is 18.8. The van der Waals surface area contributed by atoms with Gasteiger partial charge in [-0.05, 0) is 55.3 Å². The molecule has 0 bridgehead atoms. The minimum Gasteiger partial charge on any atom is -0.368 e. The quantitative estimate of drug-likeness (QED) is 0.722. The van der Waals surface area contributed by atoms with Crippen molar-refractivity contribution in [1.29, 1.82) is 0 Å². The van der Waals surface area contributed by atoms with Gasteiger partial charge in [-0.3, -0.25) is 9.79 Å². The number of amides is 1. The first-order chi connectivity index (χ1) is 15.8. The number of nitrogens with one attached hydrogen (secondary N) is 1. The first-order valence-electron chi connectivity index (χ1n) is 11.2. The number of thioether (sulfide) groups is 1. The number of aliphatic imine (C=N–C) groups is 1. The number of anilines is 2. The number of sulfone groups is 1. The van der Waals surface area contributed by atoms with Gasteiger partial charge in [-0.15, -0.1) is 0 Å². The summed E-state index contributed by atoms with van der Waals surface area (Å²) in [5, 5.41) is 4.03. The van der Waals surface area contributed by atoms with Gasteiger partial charge in [-0.25, -0.2) is 8.42 Å². The lowest BCUT2D eigenvalue weighted by Crippen LogP contribution is -2.49. The summed E-state index contributed by atoms with van der Waals surface area (Å²) in [6, 6.07) is 13.7. The lowest BCUT2D eigenvalue weighted by atomic mass is 10.1. The lowest BCUT2D eigenvalue weighted by Gasteiger charge is -2.37. The summed E-state index contributed by atoms with van der Waals surface area (Å²) in [6.07, 6.45) is 0. The minimum atomic E-state index is -2.95. The van der Waals surface area contributed by atoms with Crippen LogP contribution in [-0.2, 0) is 9.84 Å². The summed E-state index contributed by atoms with van der Waals surface area (Å²) in [6.45, 7) is 7.33. The summed E-state index contributed by atoms with van der Waals surface area (Å²) in [7, 11) is -2.95. The second-order valence-corrected chi connectivity index (χ2v) is 12.3. The van der Waals surface area contributed by atoms with Gasteiger partial charge in [0.1, 0.15) is 0 Å². The van der Waals surface area contributed by atoms with Gasteiger partial charge in [-0.2, -0.15) is 0 Å². The Morgan fingerprint density at radius 1 is 1.03 bits per heavy atom. The second-order valence-electron chi connectivity index (χ2n) is 8.94. The maximum Gasteiger partial charge on any atom is 0.253 e. The Balaban J connectivity index is 1.17. The molecule has 2 aromatic rings. The largest absolute Gasteiger partial charge is 0.368 e. The Labute approximate surface area is 199 Å². The zero-order chi connectivity index (χ0) is 23.2. The number of hydrogen-bond acceptors (Lipinski definition) is 7. The van der Waals surface area contributed by atoms with Crippen LogP contribution in [0.4, 0.5) is 11.4 Å². The van der Waals surface area contributed by atoms with Crippen LogP contribution >= 0.6 is 11.8 Å². The molecule has 1 N–H and O–H groups in total. The van der Waals surface area contributed by atoms with E-state index in [2.05, 4.69) is 47.3 Å². The Hall–Kier alpha value is -2.52. The molecule has 174 valence electrons. The third-order valence-electron chi connectivity index (χ3n) is 6.68. The fourth-order valence-corrected chi connectivity index (χ4v) is 8.32. The number of carbonyl (C=O) groups excluding carboxylic acids is 1. The summed E-state index contributed by atoms with van der Waals surface area (Å²) in [5.74, 6) is 0.385. The van der Waals surface area contributed by atoms with E-state index in [0.717, 1.165) is 23.9 Å². The van der Waals surface area contributed by atoms with Gasteiger partial charge in [0.05, 0.1) is 17.5 Å². The number of fused-ring (bicyclic) bond motifs is 1. The van der Waals surface area contributed by atoms with Crippen LogP contribution in [0.25, 0.3) is 0 Å². The van der Waals surface area contributed by atoms with Crippen molar-refractivity contribution in [2.45, 2.75) is 25.1 Å². The fourth-order valence-electron chi connectivity index (χ4n) is 4.65. The molecule has 0 aromatic heterocycles. The van der Waals surface area contributed by atoms with E-state index in [4.69, 9.17) is 0 Å². The fraction of sp³-hybridized carbons (Fsp3) is 0.417. The highest BCUT2D eigenvalue weighted by atomic mass is 32.2. The zero-order valence-corrected chi connectivity index (χ0v) is 20.5. The normalized spacial score (nSPS) is 23.9. The topological polar surface area (TPSA) is 82.1 Å². The van der Waals surface area contributed by atoms with Crippen molar-refractivity contribution in [3.8, 4) is 0 Å². The summed E-state index contributed by atoms with van der Waals surface area (Å²) >= 11 is 1.49. The molecule has 3 aliphatic rings. The van der Waals surface area contributed by atoms with Gasteiger partial charge in [-0.1, -0.05) is 23.9 Å². The molecule has 9 heteroatoms. The molecule has 2 saturated heterocycles. The van der Waals surface area contributed by atoms with Crippen molar-refractivity contribution in [2.24, 2.45) is 4.99 Å². The van der Waals surface area contributed by atoms with Gasteiger partial charge in [0, 0.05) is 48.4 Å². The van der Waals surface area contributed by atoms with E-state index in [1.165, 1.54) is 28.6 Å².